The van der Waals surface area contributed by atoms with Gasteiger partial charge >= 0.3 is 0 Å². The lowest BCUT2D eigenvalue weighted by Crippen LogP contribution is -2.11. The van der Waals surface area contributed by atoms with Gasteiger partial charge in [0.2, 0.25) is 0 Å². The van der Waals surface area contributed by atoms with Gasteiger partial charge < -0.3 is 4.74 Å². The molecule has 1 heteroatoms. The molecule has 0 radical (unpaired) electrons. The first kappa shape index (κ1) is 25.2. The molecule has 0 N–H and O–H groups in total. The summed E-state index contributed by atoms with van der Waals surface area (Å²) in [5.74, 6) is 8.82. The third kappa shape index (κ3) is 9.13. The van der Waals surface area contributed by atoms with E-state index in [-0.39, 0.29) is 0 Å². The van der Waals surface area contributed by atoms with Gasteiger partial charge in [0.05, 0.1) is 6.61 Å². The minimum atomic E-state index is 0.669. The van der Waals surface area contributed by atoms with Gasteiger partial charge in [-0.3, -0.25) is 0 Å². The fraction of sp³-hybridized carbons (Fsp3) is 0.500. The smallest absolute Gasteiger partial charge is 0.119 e. The third-order valence-corrected chi connectivity index (χ3v) is 6.83. The summed E-state index contributed by atoms with van der Waals surface area (Å²) in [6.45, 7) is 5.28. The molecule has 0 amide bonds. The van der Waals surface area contributed by atoms with Crippen LogP contribution in [0.4, 0.5) is 0 Å². The van der Waals surface area contributed by atoms with Crippen LogP contribution < -0.4 is 4.74 Å². The van der Waals surface area contributed by atoms with Crippen LogP contribution in [0.15, 0.2) is 60.7 Å². The third-order valence-electron chi connectivity index (χ3n) is 6.83. The van der Waals surface area contributed by atoms with Crippen LogP contribution in [0.2, 0.25) is 0 Å². The van der Waals surface area contributed by atoms with Crippen molar-refractivity contribution in [3.63, 3.8) is 0 Å². The predicted molar refractivity (Wildman–Crippen MR) is 142 cm³/mol. The molecule has 1 nitrogen and oxygen atoms in total. The second-order valence-corrected chi connectivity index (χ2v) is 9.52. The quantitative estimate of drug-likeness (QED) is 0.249. The summed E-state index contributed by atoms with van der Waals surface area (Å²) >= 11 is 0. The summed E-state index contributed by atoms with van der Waals surface area (Å²) in [6.07, 6.45) is 18.2. The van der Waals surface area contributed by atoms with E-state index in [9.17, 15) is 0 Å². The average Bonchev–Trinajstić information content (AvgIpc) is 2.86. The van der Waals surface area contributed by atoms with E-state index in [0.717, 1.165) is 30.3 Å². The van der Waals surface area contributed by atoms with Gasteiger partial charge in [-0.05, 0) is 98.2 Å². The SMILES string of the molecule is CCCCCOc1ccc(C#CC=C[C@H]2CC[C@H](c3ccc(CCCCC)cc3)CC2)cc1. The van der Waals surface area contributed by atoms with Gasteiger partial charge in [-0.1, -0.05) is 81.7 Å². The van der Waals surface area contributed by atoms with E-state index in [1.807, 2.05) is 12.1 Å². The fourth-order valence-corrected chi connectivity index (χ4v) is 4.67. The Balaban J connectivity index is 1.39. The highest BCUT2D eigenvalue weighted by molar-refractivity contribution is 5.40. The molecule has 0 saturated heterocycles. The molecule has 176 valence electrons. The number of allylic oxidation sites excluding steroid dienone is 2. The Morgan fingerprint density at radius 3 is 2.21 bits per heavy atom. The fourth-order valence-electron chi connectivity index (χ4n) is 4.67. The minimum Gasteiger partial charge on any atom is -0.494 e. The zero-order valence-corrected chi connectivity index (χ0v) is 20.8. The molecular formula is C32H42O. The Morgan fingerprint density at radius 1 is 0.818 bits per heavy atom. The van der Waals surface area contributed by atoms with E-state index in [0.29, 0.717) is 5.92 Å². The zero-order valence-electron chi connectivity index (χ0n) is 20.8. The van der Waals surface area contributed by atoms with Crippen molar-refractivity contribution in [2.75, 3.05) is 6.61 Å². The molecule has 0 atom stereocenters. The molecule has 1 saturated carbocycles. The van der Waals surface area contributed by atoms with Gasteiger partial charge in [0.25, 0.3) is 0 Å². The lowest BCUT2D eigenvalue weighted by atomic mass is 9.78. The first-order valence-electron chi connectivity index (χ1n) is 13.3. The summed E-state index contributed by atoms with van der Waals surface area (Å²) < 4.78 is 5.77. The number of rotatable bonds is 11. The van der Waals surface area contributed by atoms with E-state index in [1.165, 1.54) is 75.3 Å². The number of hydrogen-bond acceptors (Lipinski definition) is 1. The van der Waals surface area contributed by atoms with Crippen molar-refractivity contribution in [1.82, 2.24) is 0 Å². The summed E-state index contributed by atoms with van der Waals surface area (Å²) in [6, 6.07) is 17.6. The number of benzene rings is 2. The highest BCUT2D eigenvalue weighted by Crippen LogP contribution is 2.36. The molecule has 0 bridgehead atoms. The van der Waals surface area contributed by atoms with Gasteiger partial charge in [0, 0.05) is 5.56 Å². The van der Waals surface area contributed by atoms with Gasteiger partial charge in [0.1, 0.15) is 5.75 Å². The molecule has 33 heavy (non-hydrogen) atoms. The van der Waals surface area contributed by atoms with Crippen LogP contribution in [-0.2, 0) is 6.42 Å². The number of aryl methyl sites for hydroxylation is 1. The van der Waals surface area contributed by atoms with Gasteiger partial charge in [-0.25, -0.2) is 0 Å². The largest absolute Gasteiger partial charge is 0.494 e. The first-order chi connectivity index (χ1) is 16.3. The minimum absolute atomic E-state index is 0.669. The van der Waals surface area contributed by atoms with Gasteiger partial charge in [-0.2, -0.15) is 0 Å². The summed E-state index contributed by atoms with van der Waals surface area (Å²) in [5.41, 5.74) is 4.08. The average molecular weight is 443 g/mol. The normalized spacial score (nSPS) is 18.1. The summed E-state index contributed by atoms with van der Waals surface area (Å²) in [7, 11) is 0. The molecule has 2 aromatic carbocycles. The molecule has 2 aromatic rings. The van der Waals surface area contributed by atoms with Crippen molar-refractivity contribution in [3.8, 4) is 17.6 Å². The molecule has 0 aromatic heterocycles. The molecule has 0 heterocycles. The Hall–Kier alpha value is -2.46. The molecule has 0 unspecified atom stereocenters. The molecule has 0 aliphatic heterocycles. The van der Waals surface area contributed by atoms with E-state index >= 15 is 0 Å². The van der Waals surface area contributed by atoms with Gasteiger partial charge in [-0.15, -0.1) is 0 Å². The molecule has 1 aliphatic carbocycles. The predicted octanol–water partition coefficient (Wildman–Crippen LogP) is 8.87. The summed E-state index contributed by atoms with van der Waals surface area (Å²) in [4.78, 5) is 0. The van der Waals surface area contributed by atoms with Crippen molar-refractivity contribution in [2.24, 2.45) is 5.92 Å². The maximum Gasteiger partial charge on any atom is 0.119 e. The highest BCUT2D eigenvalue weighted by atomic mass is 16.5. The lowest BCUT2D eigenvalue weighted by Gasteiger charge is -2.27. The van der Waals surface area contributed by atoms with Crippen LogP contribution >= 0.6 is 0 Å². The molecule has 0 spiro atoms. The molecule has 1 aliphatic rings. The van der Waals surface area contributed by atoms with E-state index < -0.39 is 0 Å². The zero-order chi connectivity index (χ0) is 23.1. The maximum absolute atomic E-state index is 5.77. The van der Waals surface area contributed by atoms with E-state index in [1.54, 1.807) is 0 Å². The van der Waals surface area contributed by atoms with E-state index in [4.69, 9.17) is 4.74 Å². The summed E-state index contributed by atoms with van der Waals surface area (Å²) in [5, 5.41) is 0. The second kappa shape index (κ2) is 14.6. The highest BCUT2D eigenvalue weighted by Gasteiger charge is 2.20. The van der Waals surface area contributed by atoms with Gasteiger partial charge in [0.15, 0.2) is 0 Å². The number of ether oxygens (including phenoxy) is 1. The Morgan fingerprint density at radius 2 is 1.52 bits per heavy atom. The molecule has 3 rings (SSSR count). The van der Waals surface area contributed by atoms with Crippen molar-refractivity contribution in [2.45, 2.75) is 90.4 Å². The first-order valence-corrected chi connectivity index (χ1v) is 13.3. The number of unbranched alkanes of at least 4 members (excludes halogenated alkanes) is 4. The number of hydrogen-bond donors (Lipinski definition) is 0. The van der Waals surface area contributed by atoms with Crippen LogP contribution in [0.5, 0.6) is 5.75 Å². The van der Waals surface area contributed by atoms with Crippen LogP contribution in [0, 0.1) is 17.8 Å². The topological polar surface area (TPSA) is 9.23 Å². The lowest BCUT2D eigenvalue weighted by molar-refractivity contribution is 0.306. The van der Waals surface area contributed by atoms with E-state index in [2.05, 4.69) is 74.2 Å². The van der Waals surface area contributed by atoms with Crippen molar-refractivity contribution < 1.29 is 4.74 Å². The second-order valence-electron chi connectivity index (χ2n) is 9.52. The van der Waals surface area contributed by atoms with Crippen molar-refractivity contribution in [1.29, 1.82) is 0 Å². The molecular weight excluding hydrogens is 400 g/mol. The van der Waals surface area contributed by atoms with Crippen molar-refractivity contribution >= 4 is 0 Å². The monoisotopic (exact) mass is 442 g/mol. The van der Waals surface area contributed by atoms with Crippen LogP contribution in [0.1, 0.15) is 101 Å². The van der Waals surface area contributed by atoms with Crippen LogP contribution in [0.25, 0.3) is 0 Å². The Kier molecular flexibility index (Phi) is 11.2. The Bertz CT molecular complexity index is 871. The van der Waals surface area contributed by atoms with Crippen LogP contribution in [0.3, 0.4) is 0 Å². The molecule has 1 fully saturated rings. The Labute approximate surface area is 202 Å². The standard InChI is InChI=1S/C32H42O/c1-3-5-7-11-27-14-20-30(21-15-27)31-22-16-28(17-23-31)12-8-9-13-29-18-24-32(25-19-29)33-26-10-6-4-2/h8,12,14-15,18-21,24-25,28,31H,3-7,10-11,16-17,22-23,26H2,1-2H3/t28-,31-. The van der Waals surface area contributed by atoms with Crippen molar-refractivity contribution in [3.05, 3.63) is 77.4 Å². The maximum atomic E-state index is 5.77. The van der Waals surface area contributed by atoms with Crippen LogP contribution in [-0.4, -0.2) is 6.61 Å².